The van der Waals surface area contributed by atoms with Gasteiger partial charge in [0.05, 0.1) is 6.33 Å². The first-order valence-corrected chi connectivity index (χ1v) is 4.38. The zero-order chi connectivity index (χ0) is 10.6. The van der Waals surface area contributed by atoms with Gasteiger partial charge in [0.1, 0.15) is 5.82 Å². The van der Waals surface area contributed by atoms with Gasteiger partial charge in [-0.2, -0.15) is 0 Å². The molecule has 1 rings (SSSR count). The third kappa shape index (κ3) is 2.23. The highest BCUT2D eigenvalue weighted by atomic mass is 16.2. The van der Waals surface area contributed by atoms with E-state index in [4.69, 9.17) is 16.6 Å². The molecule has 6 nitrogen and oxygen atoms in total. The Balaban J connectivity index is 2.65. The van der Waals surface area contributed by atoms with Crippen LogP contribution in [0.25, 0.3) is 0 Å². The van der Waals surface area contributed by atoms with Crippen molar-refractivity contribution >= 4 is 11.7 Å². The molecule has 0 aliphatic carbocycles. The van der Waals surface area contributed by atoms with Gasteiger partial charge in [0, 0.05) is 13.2 Å². The van der Waals surface area contributed by atoms with Crippen molar-refractivity contribution in [1.82, 2.24) is 9.55 Å². The Kier molecular flexibility index (Phi) is 3.47. The van der Waals surface area contributed by atoms with Gasteiger partial charge in [-0.3, -0.25) is 4.79 Å². The van der Waals surface area contributed by atoms with E-state index in [1.165, 1.54) is 6.33 Å². The average molecular weight is 198 g/mol. The topological polar surface area (TPSA) is 107 Å². The summed E-state index contributed by atoms with van der Waals surface area (Å²) in [6.07, 6.45) is 2.96. The highest BCUT2D eigenvalue weighted by Gasteiger charge is 2.11. The zero-order valence-electron chi connectivity index (χ0n) is 7.81. The number of rotatable bonds is 5. The molecule has 0 radical (unpaired) electrons. The number of aliphatic hydroxyl groups excluding tert-OH is 1. The van der Waals surface area contributed by atoms with Gasteiger partial charge >= 0.3 is 0 Å². The molecule has 6 heteroatoms. The fraction of sp³-hybridized carbons (Fsp3) is 0.500. The first-order valence-electron chi connectivity index (χ1n) is 4.38. The number of unbranched alkanes of at least 4 members (excludes halogenated alkanes) is 1. The molecule has 0 unspecified atom stereocenters. The van der Waals surface area contributed by atoms with Crippen molar-refractivity contribution in [2.24, 2.45) is 5.73 Å². The van der Waals surface area contributed by atoms with Crippen LogP contribution in [0.1, 0.15) is 23.3 Å². The van der Waals surface area contributed by atoms with Gasteiger partial charge in [-0.05, 0) is 12.8 Å². The van der Waals surface area contributed by atoms with Crippen LogP contribution in [0.4, 0.5) is 5.82 Å². The Morgan fingerprint density at radius 3 is 2.79 bits per heavy atom. The molecule has 0 saturated heterocycles. The summed E-state index contributed by atoms with van der Waals surface area (Å²) in [7, 11) is 0. The molecule has 0 aliphatic heterocycles. The number of hydrogen-bond acceptors (Lipinski definition) is 4. The number of nitrogens with two attached hydrogens (primary N) is 2. The SMILES string of the molecule is NC(=O)c1ncn(CCCCO)c1N. The van der Waals surface area contributed by atoms with E-state index in [0.29, 0.717) is 13.0 Å². The summed E-state index contributed by atoms with van der Waals surface area (Å²) in [6.45, 7) is 0.782. The minimum absolute atomic E-state index is 0.106. The molecule has 5 N–H and O–H groups in total. The number of nitrogens with zero attached hydrogens (tertiary/aromatic N) is 2. The number of carbonyl (C=O) groups is 1. The van der Waals surface area contributed by atoms with Crippen LogP contribution < -0.4 is 11.5 Å². The Labute approximate surface area is 81.5 Å². The molecule has 14 heavy (non-hydrogen) atoms. The van der Waals surface area contributed by atoms with E-state index in [1.54, 1.807) is 4.57 Å². The maximum absolute atomic E-state index is 10.8. The quantitative estimate of drug-likeness (QED) is 0.545. The fourth-order valence-electron chi connectivity index (χ4n) is 1.15. The summed E-state index contributed by atoms with van der Waals surface area (Å²) in [5.41, 5.74) is 10.8. The van der Waals surface area contributed by atoms with E-state index in [1.807, 2.05) is 0 Å². The summed E-state index contributed by atoms with van der Waals surface area (Å²) in [4.78, 5) is 14.6. The first-order chi connectivity index (χ1) is 6.66. The lowest BCUT2D eigenvalue weighted by Crippen LogP contribution is -2.14. The second kappa shape index (κ2) is 4.61. The standard InChI is InChI=1S/C8H14N4O2/c9-7-6(8(10)14)11-5-12(7)3-1-2-4-13/h5,13H,1-4,9H2,(H2,10,14). The van der Waals surface area contributed by atoms with Crippen molar-refractivity contribution in [2.45, 2.75) is 19.4 Å². The number of amides is 1. The predicted molar refractivity (Wildman–Crippen MR) is 51.5 cm³/mol. The molecule has 0 spiro atoms. The summed E-state index contributed by atoms with van der Waals surface area (Å²) in [6, 6.07) is 0. The molecular weight excluding hydrogens is 184 g/mol. The highest BCUT2D eigenvalue weighted by Crippen LogP contribution is 2.10. The minimum atomic E-state index is -0.622. The van der Waals surface area contributed by atoms with Crippen molar-refractivity contribution in [1.29, 1.82) is 0 Å². The fourth-order valence-corrected chi connectivity index (χ4v) is 1.15. The molecule has 0 fully saturated rings. The largest absolute Gasteiger partial charge is 0.396 e. The number of carbonyl (C=O) groups excluding carboxylic acids is 1. The molecule has 1 amide bonds. The maximum atomic E-state index is 10.8. The molecule has 0 atom stereocenters. The van der Waals surface area contributed by atoms with E-state index >= 15 is 0 Å². The van der Waals surface area contributed by atoms with Gasteiger partial charge in [0.2, 0.25) is 0 Å². The molecule has 1 heterocycles. The smallest absolute Gasteiger partial charge is 0.271 e. The summed E-state index contributed by atoms with van der Waals surface area (Å²) in [5.74, 6) is -0.334. The van der Waals surface area contributed by atoms with Crippen LogP contribution in [0.15, 0.2) is 6.33 Å². The molecule has 78 valence electrons. The summed E-state index contributed by atoms with van der Waals surface area (Å²) in [5, 5.41) is 8.58. The lowest BCUT2D eigenvalue weighted by Gasteiger charge is -2.03. The number of anilines is 1. The molecule has 0 aliphatic rings. The van der Waals surface area contributed by atoms with Crippen LogP contribution >= 0.6 is 0 Å². The monoisotopic (exact) mass is 198 g/mol. The number of hydrogen-bond donors (Lipinski definition) is 3. The third-order valence-electron chi connectivity index (χ3n) is 1.92. The number of aryl methyl sites for hydroxylation is 1. The second-order valence-corrected chi connectivity index (χ2v) is 2.97. The van der Waals surface area contributed by atoms with Crippen LogP contribution in [0.2, 0.25) is 0 Å². The Morgan fingerprint density at radius 2 is 2.29 bits per heavy atom. The van der Waals surface area contributed by atoms with Crippen LogP contribution in [0.5, 0.6) is 0 Å². The second-order valence-electron chi connectivity index (χ2n) is 2.97. The minimum Gasteiger partial charge on any atom is -0.396 e. The van der Waals surface area contributed by atoms with Crippen LogP contribution in [0.3, 0.4) is 0 Å². The number of aliphatic hydroxyl groups is 1. The van der Waals surface area contributed by atoms with Crippen molar-refractivity contribution in [2.75, 3.05) is 12.3 Å². The molecule has 0 bridgehead atoms. The number of primary amides is 1. The Morgan fingerprint density at radius 1 is 1.57 bits per heavy atom. The lowest BCUT2D eigenvalue weighted by atomic mass is 10.3. The average Bonchev–Trinajstić information content (AvgIpc) is 2.48. The van der Waals surface area contributed by atoms with Gasteiger partial charge < -0.3 is 21.1 Å². The lowest BCUT2D eigenvalue weighted by molar-refractivity contribution is 0.0997. The van der Waals surface area contributed by atoms with Gasteiger partial charge in [0.15, 0.2) is 5.69 Å². The van der Waals surface area contributed by atoms with Crippen molar-refractivity contribution in [3.63, 3.8) is 0 Å². The highest BCUT2D eigenvalue weighted by molar-refractivity contribution is 5.95. The Bertz CT molecular complexity index is 321. The third-order valence-corrected chi connectivity index (χ3v) is 1.92. The van der Waals surface area contributed by atoms with Crippen LogP contribution in [-0.4, -0.2) is 27.2 Å². The van der Waals surface area contributed by atoms with Gasteiger partial charge in [-0.15, -0.1) is 0 Å². The van der Waals surface area contributed by atoms with Crippen molar-refractivity contribution < 1.29 is 9.90 Å². The van der Waals surface area contributed by atoms with E-state index in [0.717, 1.165) is 6.42 Å². The molecule has 1 aromatic heterocycles. The van der Waals surface area contributed by atoms with Crippen molar-refractivity contribution in [3.05, 3.63) is 12.0 Å². The number of aromatic nitrogens is 2. The predicted octanol–water partition coefficient (Wildman–Crippen LogP) is -0.663. The Hall–Kier alpha value is -1.56. The maximum Gasteiger partial charge on any atom is 0.271 e. The number of nitrogen functional groups attached to an aromatic ring is 1. The normalized spacial score (nSPS) is 10.4. The molecular formula is C8H14N4O2. The molecule has 0 saturated carbocycles. The van der Waals surface area contributed by atoms with Gasteiger partial charge in [0.25, 0.3) is 5.91 Å². The molecule has 0 aromatic carbocycles. The van der Waals surface area contributed by atoms with Gasteiger partial charge in [-0.25, -0.2) is 4.98 Å². The number of imidazole rings is 1. The van der Waals surface area contributed by atoms with Crippen LogP contribution in [-0.2, 0) is 6.54 Å². The van der Waals surface area contributed by atoms with Crippen LogP contribution in [0, 0.1) is 0 Å². The zero-order valence-corrected chi connectivity index (χ0v) is 7.81. The summed E-state index contributed by atoms with van der Waals surface area (Å²) >= 11 is 0. The van der Waals surface area contributed by atoms with Gasteiger partial charge in [-0.1, -0.05) is 0 Å². The molecule has 1 aromatic rings. The van der Waals surface area contributed by atoms with E-state index in [2.05, 4.69) is 4.98 Å². The van der Waals surface area contributed by atoms with E-state index in [9.17, 15) is 4.79 Å². The first kappa shape index (κ1) is 10.5. The van der Waals surface area contributed by atoms with Crippen molar-refractivity contribution in [3.8, 4) is 0 Å². The van der Waals surface area contributed by atoms with E-state index < -0.39 is 5.91 Å². The van der Waals surface area contributed by atoms with E-state index in [-0.39, 0.29) is 18.1 Å². The summed E-state index contributed by atoms with van der Waals surface area (Å²) < 4.78 is 1.65.